The standard InChI is InChI=1S/C18H16N2O3S/c1-18(2,3)17(21)20-13-8-9-15-16(12(13)10-19)11-6-4-5-7-14(11)24(15,22)23/h4-9H,1-3H3,(H,20,21). The van der Waals surface area contributed by atoms with Gasteiger partial charge in [0.15, 0.2) is 0 Å². The van der Waals surface area contributed by atoms with E-state index >= 15 is 0 Å². The Morgan fingerprint density at radius 1 is 1.08 bits per heavy atom. The van der Waals surface area contributed by atoms with Gasteiger partial charge in [-0.2, -0.15) is 5.26 Å². The normalized spacial score (nSPS) is 14.4. The average molecular weight is 340 g/mol. The summed E-state index contributed by atoms with van der Waals surface area (Å²) in [7, 11) is -3.63. The van der Waals surface area contributed by atoms with Crippen LogP contribution in [-0.2, 0) is 14.6 Å². The molecule has 0 atom stereocenters. The topological polar surface area (TPSA) is 87.0 Å². The SMILES string of the molecule is CC(C)(C)C(=O)Nc1ccc2c(c1C#N)-c1ccccc1S2(=O)=O. The molecular weight excluding hydrogens is 324 g/mol. The molecular formula is C18H16N2O3S. The highest BCUT2D eigenvalue weighted by atomic mass is 32.2. The van der Waals surface area contributed by atoms with Crippen molar-refractivity contribution in [3.8, 4) is 17.2 Å². The molecule has 2 aromatic rings. The molecule has 2 aromatic carbocycles. The van der Waals surface area contributed by atoms with E-state index in [1.165, 1.54) is 18.2 Å². The predicted octanol–water partition coefficient (Wildman–Crippen LogP) is 3.36. The van der Waals surface area contributed by atoms with Crippen LogP contribution >= 0.6 is 0 Å². The zero-order valence-corrected chi connectivity index (χ0v) is 14.4. The summed E-state index contributed by atoms with van der Waals surface area (Å²) in [5.74, 6) is -0.243. The van der Waals surface area contributed by atoms with Crippen molar-refractivity contribution in [2.45, 2.75) is 30.6 Å². The fourth-order valence-electron chi connectivity index (χ4n) is 2.63. The number of anilines is 1. The summed E-state index contributed by atoms with van der Waals surface area (Å²) in [5.41, 5.74) is 0.716. The van der Waals surface area contributed by atoms with Gasteiger partial charge in [0.2, 0.25) is 15.7 Å². The van der Waals surface area contributed by atoms with Crippen molar-refractivity contribution in [3.63, 3.8) is 0 Å². The van der Waals surface area contributed by atoms with Crippen LogP contribution in [0.5, 0.6) is 0 Å². The second-order valence-corrected chi connectivity index (χ2v) is 8.56. The maximum Gasteiger partial charge on any atom is 0.229 e. The first-order valence-electron chi connectivity index (χ1n) is 7.41. The molecule has 0 spiro atoms. The lowest BCUT2D eigenvalue weighted by Gasteiger charge is -2.19. The van der Waals surface area contributed by atoms with Gasteiger partial charge in [-0.05, 0) is 18.2 Å². The zero-order valence-electron chi connectivity index (χ0n) is 13.5. The van der Waals surface area contributed by atoms with E-state index in [1.54, 1.807) is 39.0 Å². The van der Waals surface area contributed by atoms with Crippen molar-refractivity contribution >= 4 is 21.4 Å². The monoisotopic (exact) mass is 340 g/mol. The number of nitriles is 1. The van der Waals surface area contributed by atoms with Crippen LogP contribution in [-0.4, -0.2) is 14.3 Å². The third-order valence-corrected chi connectivity index (χ3v) is 5.80. The summed E-state index contributed by atoms with van der Waals surface area (Å²) >= 11 is 0. The molecule has 1 amide bonds. The van der Waals surface area contributed by atoms with Gasteiger partial charge >= 0.3 is 0 Å². The number of nitrogens with one attached hydrogen (secondary N) is 1. The largest absolute Gasteiger partial charge is 0.324 e. The number of rotatable bonds is 1. The summed E-state index contributed by atoms with van der Waals surface area (Å²) in [4.78, 5) is 12.5. The number of hydrogen-bond acceptors (Lipinski definition) is 4. The Morgan fingerprint density at radius 3 is 2.38 bits per heavy atom. The first kappa shape index (κ1) is 16.2. The van der Waals surface area contributed by atoms with E-state index in [9.17, 15) is 18.5 Å². The Bertz CT molecular complexity index is 1010. The Labute approximate surface area is 140 Å². The number of hydrogen-bond donors (Lipinski definition) is 1. The van der Waals surface area contributed by atoms with Crippen LogP contribution in [0.25, 0.3) is 11.1 Å². The number of fused-ring (bicyclic) bond motifs is 3. The van der Waals surface area contributed by atoms with E-state index in [-0.39, 0.29) is 21.3 Å². The number of carbonyl (C=O) groups excluding carboxylic acids is 1. The lowest BCUT2D eigenvalue weighted by molar-refractivity contribution is -0.123. The molecule has 24 heavy (non-hydrogen) atoms. The van der Waals surface area contributed by atoms with Gasteiger partial charge in [-0.3, -0.25) is 4.79 Å². The van der Waals surface area contributed by atoms with Crippen LogP contribution in [0.2, 0.25) is 0 Å². The van der Waals surface area contributed by atoms with E-state index in [4.69, 9.17) is 0 Å². The second-order valence-electron chi connectivity index (χ2n) is 6.68. The van der Waals surface area contributed by atoms with E-state index in [0.29, 0.717) is 16.8 Å². The van der Waals surface area contributed by atoms with Crippen molar-refractivity contribution < 1.29 is 13.2 Å². The molecule has 5 nitrogen and oxygen atoms in total. The van der Waals surface area contributed by atoms with Gasteiger partial charge in [-0.25, -0.2) is 8.42 Å². The molecule has 0 fully saturated rings. The highest BCUT2D eigenvalue weighted by Gasteiger charge is 2.35. The molecule has 1 aliphatic heterocycles. The number of nitrogens with zero attached hydrogens (tertiary/aromatic N) is 1. The smallest absolute Gasteiger partial charge is 0.229 e. The highest BCUT2D eigenvalue weighted by molar-refractivity contribution is 7.92. The van der Waals surface area contributed by atoms with Gasteiger partial charge in [-0.15, -0.1) is 0 Å². The molecule has 6 heteroatoms. The molecule has 1 N–H and O–H groups in total. The van der Waals surface area contributed by atoms with Crippen molar-refractivity contribution in [2.24, 2.45) is 5.41 Å². The highest BCUT2D eigenvalue weighted by Crippen LogP contribution is 2.46. The molecule has 1 heterocycles. The van der Waals surface area contributed by atoms with Gasteiger partial charge in [0, 0.05) is 16.5 Å². The molecule has 3 rings (SSSR count). The lowest BCUT2D eigenvalue weighted by Crippen LogP contribution is -2.28. The molecule has 122 valence electrons. The van der Waals surface area contributed by atoms with Crippen LogP contribution in [0, 0.1) is 16.7 Å². The minimum absolute atomic E-state index is 0.106. The van der Waals surface area contributed by atoms with Gasteiger partial charge in [-0.1, -0.05) is 39.0 Å². The van der Waals surface area contributed by atoms with E-state index < -0.39 is 15.3 Å². The third-order valence-electron chi connectivity index (χ3n) is 3.94. The summed E-state index contributed by atoms with van der Waals surface area (Å²) in [6.07, 6.45) is 0. The minimum atomic E-state index is -3.63. The van der Waals surface area contributed by atoms with E-state index in [0.717, 1.165) is 0 Å². The van der Waals surface area contributed by atoms with Crippen LogP contribution in [0.3, 0.4) is 0 Å². The van der Waals surface area contributed by atoms with Gasteiger partial charge in [0.05, 0.1) is 21.0 Å². The van der Waals surface area contributed by atoms with Gasteiger partial charge < -0.3 is 5.32 Å². The maximum absolute atomic E-state index is 12.6. The minimum Gasteiger partial charge on any atom is -0.324 e. The van der Waals surface area contributed by atoms with Crippen LogP contribution < -0.4 is 5.32 Å². The first-order valence-corrected chi connectivity index (χ1v) is 8.89. The number of amides is 1. The van der Waals surface area contributed by atoms with E-state index in [1.807, 2.05) is 0 Å². The molecule has 0 aliphatic carbocycles. The third kappa shape index (κ3) is 2.29. The molecule has 0 bridgehead atoms. The molecule has 1 aliphatic rings. The van der Waals surface area contributed by atoms with Crippen LogP contribution in [0.4, 0.5) is 5.69 Å². The van der Waals surface area contributed by atoms with Crippen molar-refractivity contribution in [3.05, 3.63) is 42.0 Å². The number of benzene rings is 2. The maximum atomic E-state index is 12.6. The zero-order chi connectivity index (χ0) is 17.7. The van der Waals surface area contributed by atoms with Crippen molar-refractivity contribution in [1.29, 1.82) is 5.26 Å². The quantitative estimate of drug-likeness (QED) is 0.736. The summed E-state index contributed by atoms with van der Waals surface area (Å²) < 4.78 is 25.3. The number of carbonyl (C=O) groups is 1. The van der Waals surface area contributed by atoms with E-state index in [2.05, 4.69) is 11.4 Å². The molecule has 0 saturated carbocycles. The summed E-state index contributed by atoms with van der Waals surface area (Å²) in [6, 6.07) is 11.6. The molecule has 0 unspecified atom stereocenters. The Kier molecular flexibility index (Phi) is 3.50. The lowest BCUT2D eigenvalue weighted by atomic mass is 9.94. The van der Waals surface area contributed by atoms with Crippen molar-refractivity contribution in [2.75, 3.05) is 5.32 Å². The predicted molar refractivity (Wildman–Crippen MR) is 90.1 cm³/mol. The Morgan fingerprint density at radius 2 is 1.75 bits per heavy atom. The van der Waals surface area contributed by atoms with Gasteiger partial charge in [0.1, 0.15) is 6.07 Å². The first-order chi connectivity index (χ1) is 11.2. The Balaban J connectivity index is 2.25. The summed E-state index contributed by atoms with van der Waals surface area (Å²) in [6.45, 7) is 5.30. The number of sulfone groups is 1. The molecule has 0 radical (unpaired) electrons. The Hall–Kier alpha value is -2.65. The fourth-order valence-corrected chi connectivity index (χ4v) is 4.31. The van der Waals surface area contributed by atoms with Crippen LogP contribution in [0.1, 0.15) is 26.3 Å². The van der Waals surface area contributed by atoms with Gasteiger partial charge in [0.25, 0.3) is 0 Å². The molecule has 0 aromatic heterocycles. The summed E-state index contributed by atoms with van der Waals surface area (Å²) in [5, 5.41) is 12.3. The second kappa shape index (κ2) is 5.18. The fraction of sp³-hybridized carbons (Fsp3) is 0.222. The van der Waals surface area contributed by atoms with Crippen LogP contribution in [0.15, 0.2) is 46.2 Å². The average Bonchev–Trinajstić information content (AvgIpc) is 2.75. The van der Waals surface area contributed by atoms with Crippen molar-refractivity contribution in [1.82, 2.24) is 0 Å². The molecule has 0 saturated heterocycles.